The number of nitrogen functional groups attached to an aromatic ring is 1. The number of benzene rings is 1. The van der Waals surface area contributed by atoms with Crippen molar-refractivity contribution >= 4 is 28.4 Å². The summed E-state index contributed by atoms with van der Waals surface area (Å²) in [5.41, 5.74) is 12.3. The fraction of sp³-hybridized carbons (Fsp3) is 0.0909. The highest BCUT2D eigenvalue weighted by Crippen LogP contribution is 2.20. The number of carbonyl (C=O) groups is 2. The molecule has 0 spiro atoms. The molecule has 6 heteroatoms. The van der Waals surface area contributed by atoms with Crippen LogP contribution >= 0.6 is 0 Å². The first-order chi connectivity index (χ1) is 8.08. The lowest BCUT2D eigenvalue weighted by atomic mass is 10.2. The molecule has 0 aliphatic rings. The maximum Gasteiger partial charge on any atom is 0.268 e. The van der Waals surface area contributed by atoms with Crippen molar-refractivity contribution in [1.29, 1.82) is 0 Å². The number of rotatable bonds is 3. The number of H-pyrrole nitrogens is 1. The number of hydrogen-bond donors (Lipinski definition) is 4. The monoisotopic (exact) mass is 232 g/mol. The predicted octanol–water partition coefficient (Wildman–Crippen LogP) is -0.0348. The van der Waals surface area contributed by atoms with Gasteiger partial charge in [0.1, 0.15) is 5.69 Å². The second-order valence-corrected chi connectivity index (χ2v) is 3.64. The summed E-state index contributed by atoms with van der Waals surface area (Å²) in [6, 6.07) is 7.05. The number of nitrogens with two attached hydrogens (primary N) is 2. The van der Waals surface area contributed by atoms with Crippen LogP contribution in [0.1, 0.15) is 10.5 Å². The summed E-state index contributed by atoms with van der Waals surface area (Å²) < 4.78 is 0. The molecule has 2 aromatic rings. The molecule has 0 atom stereocenters. The van der Waals surface area contributed by atoms with Gasteiger partial charge in [-0.15, -0.1) is 0 Å². The number of anilines is 1. The lowest BCUT2D eigenvalue weighted by Gasteiger charge is -1.99. The summed E-state index contributed by atoms with van der Waals surface area (Å²) in [5, 5.41) is 3.24. The van der Waals surface area contributed by atoms with Gasteiger partial charge in [-0.25, -0.2) is 0 Å². The minimum Gasteiger partial charge on any atom is -0.397 e. The van der Waals surface area contributed by atoms with Gasteiger partial charge in [0.05, 0.1) is 17.7 Å². The molecule has 17 heavy (non-hydrogen) atoms. The number of primary amides is 1. The number of nitrogens with one attached hydrogen (secondary N) is 2. The summed E-state index contributed by atoms with van der Waals surface area (Å²) in [5.74, 6) is -0.978. The highest BCUT2D eigenvalue weighted by atomic mass is 16.2. The van der Waals surface area contributed by atoms with Crippen LogP contribution in [0.2, 0.25) is 0 Å². The molecule has 0 aliphatic heterocycles. The van der Waals surface area contributed by atoms with Gasteiger partial charge < -0.3 is 21.8 Å². The third kappa shape index (κ3) is 2.20. The van der Waals surface area contributed by atoms with E-state index in [4.69, 9.17) is 11.5 Å². The molecule has 0 fully saturated rings. The number of aromatic amines is 1. The normalized spacial score (nSPS) is 10.4. The molecular weight excluding hydrogens is 220 g/mol. The standard InChI is InChI=1S/C11H12N4O2/c12-7-3-1-2-6-4-8(15-10(6)7)11(17)14-5-9(13)16/h1-4,15H,5,12H2,(H2,13,16)(H,14,17). The zero-order chi connectivity index (χ0) is 12.4. The van der Waals surface area contributed by atoms with Gasteiger partial charge in [0.25, 0.3) is 5.91 Å². The van der Waals surface area contributed by atoms with Gasteiger partial charge in [-0.3, -0.25) is 9.59 Å². The van der Waals surface area contributed by atoms with Crippen molar-refractivity contribution in [3.8, 4) is 0 Å². The molecule has 0 bridgehead atoms. The first-order valence-corrected chi connectivity index (χ1v) is 5.01. The van der Waals surface area contributed by atoms with Gasteiger partial charge in [0, 0.05) is 5.39 Å². The van der Waals surface area contributed by atoms with Crippen LogP contribution in [-0.2, 0) is 4.79 Å². The van der Waals surface area contributed by atoms with Crippen LogP contribution in [0, 0.1) is 0 Å². The quantitative estimate of drug-likeness (QED) is 0.557. The van der Waals surface area contributed by atoms with Gasteiger partial charge >= 0.3 is 0 Å². The Morgan fingerprint density at radius 3 is 2.76 bits per heavy atom. The number of fused-ring (bicyclic) bond motifs is 1. The van der Waals surface area contributed by atoms with Crippen molar-refractivity contribution in [2.45, 2.75) is 0 Å². The molecule has 1 heterocycles. The Bertz CT molecular complexity index is 588. The topological polar surface area (TPSA) is 114 Å². The number of hydrogen-bond acceptors (Lipinski definition) is 3. The van der Waals surface area contributed by atoms with Crippen LogP contribution in [0.3, 0.4) is 0 Å². The molecule has 6 N–H and O–H groups in total. The average Bonchev–Trinajstić information content (AvgIpc) is 2.71. The largest absolute Gasteiger partial charge is 0.397 e. The third-order valence-electron chi connectivity index (χ3n) is 2.36. The van der Waals surface area contributed by atoms with E-state index in [1.54, 1.807) is 18.2 Å². The maximum atomic E-state index is 11.6. The predicted molar refractivity (Wildman–Crippen MR) is 64.2 cm³/mol. The van der Waals surface area contributed by atoms with Gasteiger partial charge in [-0.1, -0.05) is 12.1 Å². The number of aromatic nitrogens is 1. The van der Waals surface area contributed by atoms with Crippen LogP contribution in [-0.4, -0.2) is 23.3 Å². The zero-order valence-electron chi connectivity index (χ0n) is 8.99. The first kappa shape index (κ1) is 11.0. The van der Waals surface area contributed by atoms with Crippen molar-refractivity contribution in [3.05, 3.63) is 30.0 Å². The number of carbonyl (C=O) groups excluding carboxylic acids is 2. The average molecular weight is 232 g/mol. The third-order valence-corrected chi connectivity index (χ3v) is 2.36. The van der Waals surface area contributed by atoms with Crippen LogP contribution in [0.5, 0.6) is 0 Å². The highest BCUT2D eigenvalue weighted by Gasteiger charge is 2.10. The lowest BCUT2D eigenvalue weighted by Crippen LogP contribution is -2.33. The second-order valence-electron chi connectivity index (χ2n) is 3.64. The first-order valence-electron chi connectivity index (χ1n) is 5.01. The Hall–Kier alpha value is -2.50. The van der Waals surface area contributed by atoms with E-state index >= 15 is 0 Å². The van der Waals surface area contributed by atoms with Crippen molar-refractivity contribution in [3.63, 3.8) is 0 Å². The molecular formula is C11H12N4O2. The van der Waals surface area contributed by atoms with Crippen molar-refractivity contribution in [2.75, 3.05) is 12.3 Å². The van der Waals surface area contributed by atoms with E-state index in [9.17, 15) is 9.59 Å². The minimum absolute atomic E-state index is 0.191. The number of para-hydroxylation sites is 1. The van der Waals surface area contributed by atoms with E-state index in [-0.39, 0.29) is 12.5 Å². The maximum absolute atomic E-state index is 11.6. The molecule has 2 rings (SSSR count). The van der Waals surface area contributed by atoms with Gasteiger partial charge in [-0.05, 0) is 12.1 Å². The SMILES string of the molecule is NC(=O)CNC(=O)c1cc2cccc(N)c2[nH]1. The fourth-order valence-corrected chi connectivity index (χ4v) is 1.56. The Balaban J connectivity index is 2.27. The summed E-state index contributed by atoms with van der Waals surface area (Å²) in [4.78, 5) is 25.1. The van der Waals surface area contributed by atoms with Gasteiger partial charge in [-0.2, -0.15) is 0 Å². The minimum atomic E-state index is -0.589. The molecule has 2 amide bonds. The van der Waals surface area contributed by atoms with Gasteiger partial charge in [0.2, 0.25) is 5.91 Å². The molecule has 0 unspecified atom stereocenters. The Morgan fingerprint density at radius 1 is 1.35 bits per heavy atom. The van der Waals surface area contributed by atoms with E-state index in [1.807, 2.05) is 6.07 Å². The van der Waals surface area contributed by atoms with E-state index < -0.39 is 5.91 Å². The Labute approximate surface area is 97.0 Å². The summed E-state index contributed by atoms with van der Waals surface area (Å²) >= 11 is 0. The molecule has 0 saturated carbocycles. The summed E-state index contributed by atoms with van der Waals surface area (Å²) in [7, 11) is 0. The van der Waals surface area contributed by atoms with E-state index in [0.29, 0.717) is 16.9 Å². The van der Waals surface area contributed by atoms with Crippen LogP contribution in [0.15, 0.2) is 24.3 Å². The smallest absolute Gasteiger partial charge is 0.268 e. The zero-order valence-corrected chi connectivity index (χ0v) is 8.99. The van der Waals surface area contributed by atoms with E-state index in [2.05, 4.69) is 10.3 Å². The number of amides is 2. The van der Waals surface area contributed by atoms with Crippen LogP contribution < -0.4 is 16.8 Å². The van der Waals surface area contributed by atoms with Crippen LogP contribution in [0.25, 0.3) is 10.9 Å². The Morgan fingerprint density at radius 2 is 2.12 bits per heavy atom. The second kappa shape index (κ2) is 4.17. The van der Waals surface area contributed by atoms with Crippen molar-refractivity contribution in [2.24, 2.45) is 5.73 Å². The van der Waals surface area contributed by atoms with E-state index in [0.717, 1.165) is 5.39 Å². The molecule has 6 nitrogen and oxygen atoms in total. The molecule has 1 aromatic heterocycles. The molecule has 0 aliphatic carbocycles. The molecule has 0 saturated heterocycles. The Kier molecular flexibility index (Phi) is 2.70. The van der Waals surface area contributed by atoms with Crippen molar-refractivity contribution in [1.82, 2.24) is 10.3 Å². The lowest BCUT2D eigenvalue weighted by molar-refractivity contribution is -0.117. The summed E-state index contributed by atoms with van der Waals surface area (Å²) in [6.45, 7) is -0.191. The molecule has 0 radical (unpaired) electrons. The molecule has 1 aromatic carbocycles. The van der Waals surface area contributed by atoms with Gasteiger partial charge in [0.15, 0.2) is 0 Å². The summed E-state index contributed by atoms with van der Waals surface area (Å²) in [6.07, 6.45) is 0. The fourth-order valence-electron chi connectivity index (χ4n) is 1.56. The highest BCUT2D eigenvalue weighted by molar-refractivity contribution is 6.01. The van der Waals surface area contributed by atoms with Crippen LogP contribution in [0.4, 0.5) is 5.69 Å². The molecule has 88 valence electrons. The van der Waals surface area contributed by atoms with E-state index in [1.165, 1.54) is 0 Å². The van der Waals surface area contributed by atoms with Crippen molar-refractivity contribution < 1.29 is 9.59 Å².